The lowest BCUT2D eigenvalue weighted by molar-refractivity contribution is 0.0218. The monoisotopic (exact) mass is 435 g/mol. The van der Waals surface area contributed by atoms with E-state index in [1.54, 1.807) is 36.4 Å². The molecule has 29 heavy (non-hydrogen) atoms. The molecule has 1 amide bonds. The van der Waals surface area contributed by atoms with Crippen molar-refractivity contribution in [1.82, 2.24) is 10.2 Å². The SMILES string of the molecule is CC1C(NC(=O)c2ccc(Oc3ccc(NS(C)(=O)=O)cc3)s2)C2CCN1CC2. The Morgan fingerprint density at radius 1 is 1.14 bits per heavy atom. The molecule has 3 saturated heterocycles. The molecule has 9 heteroatoms. The Bertz CT molecular complexity index is 977. The summed E-state index contributed by atoms with van der Waals surface area (Å²) in [6.07, 6.45) is 3.41. The van der Waals surface area contributed by atoms with E-state index in [0.717, 1.165) is 32.2 Å². The zero-order valence-corrected chi connectivity index (χ0v) is 18.1. The fourth-order valence-corrected chi connectivity index (χ4v) is 5.53. The topological polar surface area (TPSA) is 87.7 Å². The van der Waals surface area contributed by atoms with Crippen molar-refractivity contribution < 1.29 is 17.9 Å². The lowest BCUT2D eigenvalue weighted by atomic mass is 9.79. The van der Waals surface area contributed by atoms with Gasteiger partial charge in [0.15, 0.2) is 5.06 Å². The molecule has 3 aliphatic rings. The second kappa shape index (κ2) is 7.97. The highest BCUT2D eigenvalue weighted by Gasteiger charge is 2.40. The number of nitrogens with one attached hydrogen (secondary N) is 2. The molecule has 3 fully saturated rings. The first-order chi connectivity index (χ1) is 13.8. The summed E-state index contributed by atoms with van der Waals surface area (Å²) in [6, 6.07) is 10.8. The van der Waals surface area contributed by atoms with Crippen LogP contribution in [0.15, 0.2) is 36.4 Å². The molecule has 5 rings (SSSR count). The molecule has 7 nitrogen and oxygen atoms in total. The number of nitrogens with zero attached hydrogens (tertiary/aromatic N) is 1. The zero-order valence-electron chi connectivity index (χ0n) is 16.4. The Balaban J connectivity index is 1.37. The van der Waals surface area contributed by atoms with Crippen molar-refractivity contribution in [2.24, 2.45) is 5.92 Å². The average Bonchev–Trinajstić information content (AvgIpc) is 3.14. The molecule has 2 atom stereocenters. The second-order valence-corrected chi connectivity index (χ2v) is 10.5. The van der Waals surface area contributed by atoms with E-state index in [0.29, 0.717) is 33.3 Å². The van der Waals surface area contributed by atoms with Gasteiger partial charge < -0.3 is 10.1 Å². The Kier molecular flexibility index (Phi) is 5.54. The van der Waals surface area contributed by atoms with Crippen molar-refractivity contribution in [2.75, 3.05) is 24.1 Å². The van der Waals surface area contributed by atoms with E-state index >= 15 is 0 Å². The van der Waals surface area contributed by atoms with Crippen molar-refractivity contribution in [3.8, 4) is 10.8 Å². The van der Waals surface area contributed by atoms with Gasteiger partial charge in [-0.15, -0.1) is 0 Å². The van der Waals surface area contributed by atoms with Crippen LogP contribution in [0.3, 0.4) is 0 Å². The van der Waals surface area contributed by atoms with E-state index in [4.69, 9.17) is 4.74 Å². The molecular formula is C20H25N3O4S2. The number of sulfonamides is 1. The van der Waals surface area contributed by atoms with Crippen LogP contribution < -0.4 is 14.8 Å². The van der Waals surface area contributed by atoms with Gasteiger partial charge in [-0.2, -0.15) is 0 Å². The molecule has 0 saturated carbocycles. The van der Waals surface area contributed by atoms with Gasteiger partial charge in [-0.25, -0.2) is 8.42 Å². The molecule has 2 bridgehead atoms. The summed E-state index contributed by atoms with van der Waals surface area (Å²) in [6.45, 7) is 4.46. The minimum Gasteiger partial charge on any atom is -0.447 e. The van der Waals surface area contributed by atoms with Crippen LogP contribution >= 0.6 is 11.3 Å². The normalized spacial score (nSPS) is 26.1. The molecule has 0 radical (unpaired) electrons. The number of amides is 1. The summed E-state index contributed by atoms with van der Waals surface area (Å²) < 4.78 is 30.7. The number of hydrogen-bond acceptors (Lipinski definition) is 6. The molecule has 3 aliphatic heterocycles. The number of hydrogen-bond donors (Lipinski definition) is 2. The van der Waals surface area contributed by atoms with Crippen molar-refractivity contribution in [2.45, 2.75) is 31.8 Å². The number of thiophene rings is 1. The van der Waals surface area contributed by atoms with Gasteiger partial charge in [-0.3, -0.25) is 14.4 Å². The third kappa shape index (κ3) is 4.73. The fourth-order valence-electron chi connectivity index (χ4n) is 4.19. The summed E-state index contributed by atoms with van der Waals surface area (Å²) >= 11 is 1.30. The maximum atomic E-state index is 12.7. The number of piperidine rings is 3. The molecule has 2 aromatic rings. The third-order valence-electron chi connectivity index (χ3n) is 5.66. The highest BCUT2D eigenvalue weighted by molar-refractivity contribution is 7.92. The van der Waals surface area contributed by atoms with E-state index < -0.39 is 10.0 Å². The van der Waals surface area contributed by atoms with E-state index in [1.807, 2.05) is 0 Å². The largest absolute Gasteiger partial charge is 0.447 e. The first kappa shape index (κ1) is 20.2. The lowest BCUT2D eigenvalue weighted by Gasteiger charge is -2.49. The maximum absolute atomic E-state index is 12.7. The quantitative estimate of drug-likeness (QED) is 0.728. The smallest absolute Gasteiger partial charge is 0.261 e. The number of ether oxygens (including phenoxy) is 1. The van der Waals surface area contributed by atoms with Gasteiger partial charge in [0.25, 0.3) is 5.91 Å². The van der Waals surface area contributed by atoms with Gasteiger partial charge in [0.1, 0.15) is 5.75 Å². The number of fused-ring (bicyclic) bond motifs is 3. The predicted octanol–water partition coefficient (Wildman–Crippen LogP) is 3.12. The minimum absolute atomic E-state index is 0.0526. The van der Waals surface area contributed by atoms with Gasteiger partial charge >= 0.3 is 0 Å². The van der Waals surface area contributed by atoms with E-state index in [2.05, 4.69) is 21.9 Å². The van der Waals surface area contributed by atoms with Gasteiger partial charge in [-0.1, -0.05) is 11.3 Å². The maximum Gasteiger partial charge on any atom is 0.261 e. The Hall–Kier alpha value is -2.10. The molecule has 4 heterocycles. The van der Waals surface area contributed by atoms with Crippen LogP contribution in [-0.2, 0) is 10.0 Å². The molecule has 1 aromatic carbocycles. The van der Waals surface area contributed by atoms with Crippen LogP contribution in [0.4, 0.5) is 5.69 Å². The van der Waals surface area contributed by atoms with Crippen LogP contribution in [0.1, 0.15) is 29.4 Å². The first-order valence-electron chi connectivity index (χ1n) is 9.69. The molecule has 0 aliphatic carbocycles. The van der Waals surface area contributed by atoms with E-state index in [1.165, 1.54) is 11.3 Å². The molecule has 2 unspecified atom stereocenters. The van der Waals surface area contributed by atoms with Gasteiger partial charge in [0, 0.05) is 17.8 Å². The molecule has 0 spiro atoms. The van der Waals surface area contributed by atoms with Crippen LogP contribution in [0.2, 0.25) is 0 Å². The summed E-state index contributed by atoms with van der Waals surface area (Å²) in [4.78, 5) is 15.8. The van der Waals surface area contributed by atoms with Crippen molar-refractivity contribution in [1.29, 1.82) is 0 Å². The van der Waals surface area contributed by atoms with Crippen LogP contribution in [-0.4, -0.2) is 50.7 Å². The minimum atomic E-state index is -3.31. The standard InChI is InChI=1S/C20H25N3O4S2/c1-13-19(14-9-11-23(13)12-10-14)21-20(24)17-7-8-18(28-17)27-16-5-3-15(4-6-16)22-29(2,25)26/h3-8,13-14,19,22H,9-12H2,1-2H3,(H,21,24). The summed E-state index contributed by atoms with van der Waals surface area (Å²) in [5, 5.41) is 3.84. The number of carbonyl (C=O) groups excluding carboxylic acids is 1. The summed E-state index contributed by atoms with van der Waals surface area (Å²) in [7, 11) is -3.31. The average molecular weight is 436 g/mol. The predicted molar refractivity (Wildman–Crippen MR) is 114 cm³/mol. The highest BCUT2D eigenvalue weighted by atomic mass is 32.2. The summed E-state index contributed by atoms with van der Waals surface area (Å²) in [5.41, 5.74) is 0.470. The van der Waals surface area contributed by atoms with Gasteiger partial charge in [0.05, 0.1) is 11.1 Å². The Labute approximate surface area is 175 Å². The Morgan fingerprint density at radius 3 is 2.45 bits per heavy atom. The molecule has 1 aromatic heterocycles. The highest BCUT2D eigenvalue weighted by Crippen LogP contribution is 2.34. The van der Waals surface area contributed by atoms with E-state index in [9.17, 15) is 13.2 Å². The van der Waals surface area contributed by atoms with Crippen LogP contribution in [0.5, 0.6) is 10.8 Å². The van der Waals surface area contributed by atoms with Crippen LogP contribution in [0, 0.1) is 5.92 Å². The first-order valence-corrected chi connectivity index (χ1v) is 12.4. The third-order valence-corrected chi connectivity index (χ3v) is 7.23. The molecular weight excluding hydrogens is 410 g/mol. The molecule has 156 valence electrons. The number of rotatable bonds is 6. The van der Waals surface area contributed by atoms with Crippen LogP contribution in [0.25, 0.3) is 0 Å². The molecule has 2 N–H and O–H groups in total. The van der Waals surface area contributed by atoms with Crippen molar-refractivity contribution in [3.63, 3.8) is 0 Å². The van der Waals surface area contributed by atoms with Crippen molar-refractivity contribution >= 4 is 33.0 Å². The van der Waals surface area contributed by atoms with Gasteiger partial charge in [-0.05, 0) is 75.2 Å². The number of benzene rings is 1. The lowest BCUT2D eigenvalue weighted by Crippen LogP contribution is -2.62. The second-order valence-electron chi connectivity index (χ2n) is 7.73. The van der Waals surface area contributed by atoms with Gasteiger partial charge in [0.2, 0.25) is 10.0 Å². The zero-order chi connectivity index (χ0) is 20.6. The number of carbonyl (C=O) groups is 1. The van der Waals surface area contributed by atoms with Crippen molar-refractivity contribution in [3.05, 3.63) is 41.3 Å². The Morgan fingerprint density at radius 2 is 1.83 bits per heavy atom. The fraction of sp³-hybridized carbons (Fsp3) is 0.450. The van der Waals surface area contributed by atoms with E-state index in [-0.39, 0.29) is 11.9 Å². The number of anilines is 1. The summed E-state index contributed by atoms with van der Waals surface area (Å²) in [5.74, 6) is 1.08.